The number of phenolic OH excluding ortho intramolecular Hbond substituents is 1. The second kappa shape index (κ2) is 7.62. The van der Waals surface area contributed by atoms with E-state index in [2.05, 4.69) is 15.5 Å². The molecular weight excluding hydrogens is 356 g/mol. The van der Waals surface area contributed by atoms with Crippen molar-refractivity contribution in [2.24, 2.45) is 5.10 Å². The average molecular weight is 370 g/mol. The summed E-state index contributed by atoms with van der Waals surface area (Å²) in [6.07, 6.45) is 1.57. The lowest BCUT2D eigenvalue weighted by molar-refractivity contribution is -0.384. The molecule has 132 valence electrons. The summed E-state index contributed by atoms with van der Waals surface area (Å²) in [4.78, 5) is 14.8. The number of phenols is 1. The standard InChI is InChI=1S/C17H14N4O4S/c1-25-16-7-11(5-6-15(16)22)9-18-20-17-19-14(10-26-17)12-3-2-4-13(8-12)21(23)24/h2-10,22H,1H3,(H,19,20)/b18-9-. The molecule has 0 bridgehead atoms. The lowest BCUT2D eigenvalue weighted by Gasteiger charge is -2.03. The van der Waals surface area contributed by atoms with Gasteiger partial charge < -0.3 is 9.84 Å². The highest BCUT2D eigenvalue weighted by Crippen LogP contribution is 2.28. The van der Waals surface area contributed by atoms with Crippen molar-refractivity contribution in [2.45, 2.75) is 0 Å². The number of anilines is 1. The maximum absolute atomic E-state index is 10.9. The number of aromatic hydroxyl groups is 1. The van der Waals surface area contributed by atoms with E-state index in [0.717, 1.165) is 5.56 Å². The van der Waals surface area contributed by atoms with Gasteiger partial charge in [0.15, 0.2) is 11.5 Å². The van der Waals surface area contributed by atoms with Gasteiger partial charge in [-0.2, -0.15) is 5.10 Å². The van der Waals surface area contributed by atoms with Crippen LogP contribution in [0.2, 0.25) is 0 Å². The second-order valence-corrected chi connectivity index (χ2v) is 6.00. The Bertz CT molecular complexity index is 971. The van der Waals surface area contributed by atoms with Crippen LogP contribution in [-0.4, -0.2) is 28.3 Å². The Morgan fingerprint density at radius 1 is 1.35 bits per heavy atom. The number of aromatic nitrogens is 1. The average Bonchev–Trinajstić information content (AvgIpc) is 3.12. The number of rotatable bonds is 6. The van der Waals surface area contributed by atoms with Gasteiger partial charge in [0.25, 0.3) is 5.69 Å². The molecule has 0 radical (unpaired) electrons. The molecule has 1 aromatic heterocycles. The minimum atomic E-state index is -0.439. The summed E-state index contributed by atoms with van der Waals surface area (Å²) < 4.78 is 5.04. The van der Waals surface area contributed by atoms with E-state index in [9.17, 15) is 15.2 Å². The van der Waals surface area contributed by atoms with Crippen LogP contribution in [0.25, 0.3) is 11.3 Å². The molecule has 0 aliphatic heterocycles. The van der Waals surface area contributed by atoms with E-state index in [0.29, 0.717) is 22.1 Å². The van der Waals surface area contributed by atoms with Gasteiger partial charge in [-0.1, -0.05) is 12.1 Å². The van der Waals surface area contributed by atoms with Gasteiger partial charge in [-0.15, -0.1) is 11.3 Å². The van der Waals surface area contributed by atoms with E-state index in [1.54, 1.807) is 35.9 Å². The molecular formula is C17H14N4O4S. The number of hydrazone groups is 1. The summed E-state index contributed by atoms with van der Waals surface area (Å²) in [6.45, 7) is 0. The number of methoxy groups -OCH3 is 1. The molecule has 2 N–H and O–H groups in total. The molecule has 9 heteroatoms. The third-order valence-corrected chi connectivity index (χ3v) is 4.18. The predicted molar refractivity (Wildman–Crippen MR) is 100 cm³/mol. The van der Waals surface area contributed by atoms with Crippen molar-refractivity contribution in [3.05, 3.63) is 63.5 Å². The fourth-order valence-electron chi connectivity index (χ4n) is 2.17. The minimum Gasteiger partial charge on any atom is -0.504 e. The smallest absolute Gasteiger partial charge is 0.270 e. The van der Waals surface area contributed by atoms with Crippen LogP contribution in [0.3, 0.4) is 0 Å². The van der Waals surface area contributed by atoms with Crippen LogP contribution in [0.4, 0.5) is 10.8 Å². The van der Waals surface area contributed by atoms with Gasteiger partial charge in [0, 0.05) is 23.1 Å². The van der Waals surface area contributed by atoms with E-state index in [-0.39, 0.29) is 11.4 Å². The molecule has 0 unspecified atom stereocenters. The molecule has 0 fully saturated rings. The highest BCUT2D eigenvalue weighted by molar-refractivity contribution is 7.14. The Kier molecular flexibility index (Phi) is 5.09. The van der Waals surface area contributed by atoms with Crippen molar-refractivity contribution in [3.8, 4) is 22.8 Å². The SMILES string of the molecule is COc1cc(/C=N\Nc2nc(-c3cccc([N+](=O)[O-])c3)cs2)ccc1O. The van der Waals surface area contributed by atoms with Crippen LogP contribution >= 0.6 is 11.3 Å². The van der Waals surface area contributed by atoms with Gasteiger partial charge in [-0.25, -0.2) is 4.98 Å². The summed E-state index contributed by atoms with van der Waals surface area (Å²) in [7, 11) is 1.47. The molecule has 0 aliphatic rings. The number of nitro groups is 1. The number of hydrogen-bond acceptors (Lipinski definition) is 8. The van der Waals surface area contributed by atoms with E-state index < -0.39 is 4.92 Å². The van der Waals surface area contributed by atoms with Crippen LogP contribution in [0, 0.1) is 10.1 Å². The summed E-state index contributed by atoms with van der Waals surface area (Å²) in [5, 5.41) is 26.9. The number of nitrogens with zero attached hydrogens (tertiary/aromatic N) is 3. The monoisotopic (exact) mass is 370 g/mol. The van der Waals surface area contributed by atoms with Gasteiger partial charge in [-0.3, -0.25) is 15.5 Å². The first kappa shape index (κ1) is 17.4. The van der Waals surface area contributed by atoms with Gasteiger partial charge >= 0.3 is 0 Å². The van der Waals surface area contributed by atoms with Gasteiger partial charge in [-0.05, 0) is 23.8 Å². The van der Waals surface area contributed by atoms with Crippen molar-refractivity contribution in [3.63, 3.8) is 0 Å². The normalized spacial score (nSPS) is 10.8. The number of nitrogens with one attached hydrogen (secondary N) is 1. The first-order chi connectivity index (χ1) is 12.6. The number of hydrogen-bond donors (Lipinski definition) is 2. The predicted octanol–water partition coefficient (Wildman–Crippen LogP) is 3.88. The van der Waals surface area contributed by atoms with E-state index >= 15 is 0 Å². The van der Waals surface area contributed by atoms with Crippen LogP contribution < -0.4 is 10.2 Å². The van der Waals surface area contributed by atoms with Crippen LogP contribution in [0.5, 0.6) is 11.5 Å². The summed E-state index contributed by atoms with van der Waals surface area (Å²) in [6, 6.07) is 11.2. The molecule has 2 aromatic carbocycles. The summed E-state index contributed by atoms with van der Waals surface area (Å²) in [5.74, 6) is 0.412. The van der Waals surface area contributed by atoms with Crippen LogP contribution in [-0.2, 0) is 0 Å². The second-order valence-electron chi connectivity index (χ2n) is 5.15. The Labute approximate surface area is 152 Å². The molecule has 3 aromatic rings. The molecule has 26 heavy (non-hydrogen) atoms. The fourth-order valence-corrected chi connectivity index (χ4v) is 2.84. The third-order valence-electron chi connectivity index (χ3n) is 3.43. The zero-order valence-electron chi connectivity index (χ0n) is 13.6. The van der Waals surface area contributed by atoms with Gasteiger partial charge in [0.2, 0.25) is 5.13 Å². The van der Waals surface area contributed by atoms with Crippen molar-refractivity contribution in [2.75, 3.05) is 12.5 Å². The molecule has 0 aliphatic carbocycles. The maximum Gasteiger partial charge on any atom is 0.270 e. The largest absolute Gasteiger partial charge is 0.504 e. The number of thiazole rings is 1. The number of ether oxygens (including phenoxy) is 1. The Balaban J connectivity index is 1.71. The Morgan fingerprint density at radius 3 is 2.96 bits per heavy atom. The molecule has 8 nitrogen and oxygen atoms in total. The Hall–Kier alpha value is -3.46. The lowest BCUT2D eigenvalue weighted by atomic mass is 10.1. The topological polar surface area (TPSA) is 110 Å². The fraction of sp³-hybridized carbons (Fsp3) is 0.0588. The maximum atomic E-state index is 10.9. The summed E-state index contributed by atoms with van der Waals surface area (Å²) in [5.41, 5.74) is 4.86. The molecule has 1 heterocycles. The third kappa shape index (κ3) is 3.95. The number of non-ortho nitro benzene ring substituents is 1. The minimum absolute atomic E-state index is 0.0179. The van der Waals surface area contributed by atoms with Gasteiger partial charge in [0.05, 0.1) is 23.9 Å². The number of nitro benzene ring substituents is 1. The van der Waals surface area contributed by atoms with Gasteiger partial charge in [0.1, 0.15) is 0 Å². The van der Waals surface area contributed by atoms with Crippen LogP contribution in [0.15, 0.2) is 52.9 Å². The lowest BCUT2D eigenvalue weighted by Crippen LogP contribution is -1.92. The molecule has 0 atom stereocenters. The van der Waals surface area contributed by atoms with Crippen molar-refractivity contribution < 1.29 is 14.8 Å². The summed E-state index contributed by atoms with van der Waals surface area (Å²) >= 11 is 1.33. The first-order valence-electron chi connectivity index (χ1n) is 7.43. The highest BCUT2D eigenvalue weighted by atomic mass is 32.1. The van der Waals surface area contributed by atoms with E-state index in [1.165, 1.54) is 36.6 Å². The zero-order chi connectivity index (χ0) is 18.5. The first-order valence-corrected chi connectivity index (χ1v) is 8.31. The molecule has 0 saturated carbocycles. The van der Waals surface area contributed by atoms with Crippen LogP contribution in [0.1, 0.15) is 5.56 Å². The van der Waals surface area contributed by atoms with Crippen molar-refractivity contribution in [1.29, 1.82) is 0 Å². The molecule has 3 rings (SSSR count). The molecule has 0 saturated heterocycles. The quantitative estimate of drug-likeness (QED) is 0.387. The number of benzene rings is 2. The molecule has 0 spiro atoms. The van der Waals surface area contributed by atoms with E-state index in [4.69, 9.17) is 4.74 Å². The van der Waals surface area contributed by atoms with E-state index in [1.807, 2.05) is 0 Å². The Morgan fingerprint density at radius 2 is 2.19 bits per heavy atom. The molecule has 0 amide bonds. The highest BCUT2D eigenvalue weighted by Gasteiger charge is 2.09. The van der Waals surface area contributed by atoms with Crippen molar-refractivity contribution in [1.82, 2.24) is 4.98 Å². The van der Waals surface area contributed by atoms with Crippen molar-refractivity contribution >= 4 is 28.4 Å². The zero-order valence-corrected chi connectivity index (χ0v) is 14.4.